The maximum absolute atomic E-state index is 7.84. The van der Waals surface area contributed by atoms with Crippen LogP contribution in [0, 0.1) is 0 Å². The lowest BCUT2D eigenvalue weighted by Gasteiger charge is -2.23. The summed E-state index contributed by atoms with van der Waals surface area (Å²) < 4.78 is 34.2. The lowest BCUT2D eigenvalue weighted by atomic mass is 10.0. The predicted molar refractivity (Wildman–Crippen MR) is 172 cm³/mol. The van der Waals surface area contributed by atoms with Crippen molar-refractivity contribution in [1.82, 2.24) is 29.5 Å². The molecule has 0 spiro atoms. The van der Waals surface area contributed by atoms with E-state index in [1.165, 1.54) is 6.20 Å². The highest BCUT2D eigenvalue weighted by Crippen LogP contribution is 2.38. The highest BCUT2D eigenvalue weighted by molar-refractivity contribution is 6.76. The number of nitrogens with one attached hydrogen (secondary N) is 1. The summed E-state index contributed by atoms with van der Waals surface area (Å²) in [6.07, 6.45) is 9.60. The zero-order chi connectivity index (χ0) is 31.4. The third-order valence-corrected chi connectivity index (χ3v) is 9.13. The molecule has 1 fully saturated rings. The van der Waals surface area contributed by atoms with Gasteiger partial charge in [0.25, 0.3) is 0 Å². The Morgan fingerprint density at radius 2 is 2.05 bits per heavy atom. The summed E-state index contributed by atoms with van der Waals surface area (Å²) in [5.41, 5.74) is 3.90. The topological polar surface area (TPSA) is 118 Å². The molecule has 0 aliphatic carbocycles. The average molecular weight is 615 g/mol. The molecule has 0 saturated carbocycles. The summed E-state index contributed by atoms with van der Waals surface area (Å²) >= 11 is 0. The Morgan fingerprint density at radius 1 is 1.14 bits per heavy atom. The molecule has 12 heteroatoms. The van der Waals surface area contributed by atoms with E-state index in [9.17, 15) is 0 Å². The zero-order valence-corrected chi connectivity index (χ0v) is 26.7. The first-order valence-electron chi connectivity index (χ1n) is 15.5. The van der Waals surface area contributed by atoms with Crippen molar-refractivity contribution in [3.05, 3.63) is 60.9 Å². The number of benzene rings is 1. The molecule has 11 nitrogen and oxygen atoms in total. The minimum atomic E-state index is -1.25. The number of fused-ring (bicyclic) bond motifs is 2. The normalized spacial score (nSPS) is 15.8. The SMILES string of the molecule is [2H]c1cncc(COc2nc(NC)nc3c2c(-c2ccc4ncc(OC5CCCCO5)cc4c2)cn3COCC[Si](C)(C)C)n1. The van der Waals surface area contributed by atoms with Crippen LogP contribution in [0.2, 0.25) is 25.7 Å². The van der Waals surface area contributed by atoms with Gasteiger partial charge < -0.3 is 28.8 Å². The monoisotopic (exact) mass is 614 g/mol. The second-order valence-electron chi connectivity index (χ2n) is 12.1. The molecule has 1 atom stereocenters. The van der Waals surface area contributed by atoms with Crippen molar-refractivity contribution < 1.29 is 20.3 Å². The lowest BCUT2D eigenvalue weighted by Crippen LogP contribution is -2.24. The van der Waals surface area contributed by atoms with E-state index in [0.717, 1.165) is 52.7 Å². The highest BCUT2D eigenvalue weighted by atomic mass is 28.3. The van der Waals surface area contributed by atoms with Crippen molar-refractivity contribution in [3.63, 3.8) is 0 Å². The summed E-state index contributed by atoms with van der Waals surface area (Å²) in [5, 5.41) is 4.73. The number of hydrogen-bond acceptors (Lipinski definition) is 10. The van der Waals surface area contributed by atoms with E-state index >= 15 is 0 Å². The van der Waals surface area contributed by atoms with Crippen molar-refractivity contribution in [2.75, 3.05) is 25.6 Å². The molecule has 0 bridgehead atoms. The Hall–Kier alpha value is -4.13. The van der Waals surface area contributed by atoms with Crippen LogP contribution in [0.4, 0.5) is 5.95 Å². The largest absolute Gasteiger partial charge is 0.470 e. The Morgan fingerprint density at radius 3 is 2.84 bits per heavy atom. The van der Waals surface area contributed by atoms with Gasteiger partial charge in [-0.1, -0.05) is 25.7 Å². The number of ether oxygens (including phenoxy) is 4. The summed E-state index contributed by atoms with van der Waals surface area (Å²) in [6, 6.07) is 9.19. The third kappa shape index (κ3) is 7.15. The van der Waals surface area contributed by atoms with Crippen LogP contribution in [0.5, 0.6) is 11.6 Å². The molecule has 5 heterocycles. The van der Waals surface area contributed by atoms with Gasteiger partial charge in [0.05, 0.1) is 37.0 Å². The fraction of sp³-hybridized carbons (Fsp3) is 0.406. The summed E-state index contributed by atoms with van der Waals surface area (Å²) in [5.74, 6) is 1.48. The minimum Gasteiger partial charge on any atom is -0.470 e. The van der Waals surface area contributed by atoms with E-state index in [-0.39, 0.29) is 19.1 Å². The molecule has 6 rings (SSSR count). The summed E-state index contributed by atoms with van der Waals surface area (Å²) in [7, 11) is 0.520. The van der Waals surface area contributed by atoms with Crippen LogP contribution < -0.4 is 14.8 Å². The zero-order valence-electron chi connectivity index (χ0n) is 26.7. The number of hydrogen-bond donors (Lipinski definition) is 1. The van der Waals surface area contributed by atoms with Gasteiger partial charge in [-0.15, -0.1) is 0 Å². The lowest BCUT2D eigenvalue weighted by molar-refractivity contribution is -0.105. The molecule has 1 unspecified atom stereocenters. The number of rotatable bonds is 12. The molecular formula is C32H39N7O4Si. The molecule has 230 valence electrons. The van der Waals surface area contributed by atoms with Crippen LogP contribution in [-0.2, 0) is 22.8 Å². The van der Waals surface area contributed by atoms with Gasteiger partial charge in [-0.2, -0.15) is 9.97 Å². The highest BCUT2D eigenvalue weighted by Gasteiger charge is 2.21. The molecule has 1 saturated heterocycles. The quantitative estimate of drug-likeness (QED) is 0.127. The molecule has 1 aromatic carbocycles. The standard InChI is InChI=1S/C32H39N7O4Si/c1-33-32-37-30-29(31(38-32)42-20-24-17-34-10-11-35-24)26(19-39(30)21-40-13-14-44(2,3)4)22-8-9-27-23(15-22)16-25(18-36-27)43-28-7-5-6-12-41-28/h8-11,15-19,28H,5-7,12-14,20-21H2,1-4H3,(H,33,37,38)/i11D. The molecule has 0 amide bonds. The number of nitrogens with zero attached hydrogens (tertiary/aromatic N) is 6. The first-order chi connectivity index (χ1) is 21.8. The van der Waals surface area contributed by atoms with E-state index in [1.807, 2.05) is 29.0 Å². The Kier molecular flexibility index (Phi) is 8.62. The second kappa shape index (κ2) is 13.2. The smallest absolute Gasteiger partial charge is 0.228 e. The molecule has 44 heavy (non-hydrogen) atoms. The maximum atomic E-state index is 7.84. The molecule has 1 aliphatic rings. The molecule has 1 aliphatic heterocycles. The Labute approximate surface area is 259 Å². The van der Waals surface area contributed by atoms with Crippen LogP contribution in [0.3, 0.4) is 0 Å². The van der Waals surface area contributed by atoms with E-state index in [1.54, 1.807) is 19.4 Å². The van der Waals surface area contributed by atoms with Gasteiger partial charge in [-0.05, 0) is 42.6 Å². The van der Waals surface area contributed by atoms with Crippen LogP contribution >= 0.6 is 0 Å². The molecule has 5 aromatic rings. The maximum Gasteiger partial charge on any atom is 0.228 e. The number of pyridine rings is 1. The van der Waals surface area contributed by atoms with Gasteiger partial charge in [-0.25, -0.2) is 0 Å². The first kappa shape index (κ1) is 28.6. The van der Waals surface area contributed by atoms with Gasteiger partial charge >= 0.3 is 0 Å². The first-order valence-corrected chi connectivity index (χ1v) is 18.7. The van der Waals surface area contributed by atoms with Crippen LogP contribution in [0.1, 0.15) is 26.3 Å². The summed E-state index contributed by atoms with van der Waals surface area (Å²) in [4.78, 5) is 22.5. The van der Waals surface area contributed by atoms with E-state index < -0.39 is 8.07 Å². The van der Waals surface area contributed by atoms with Crippen LogP contribution in [0.15, 0.2) is 55.2 Å². The minimum absolute atomic E-state index is 0.0744. The molecular weight excluding hydrogens is 574 g/mol. The van der Waals surface area contributed by atoms with Gasteiger partial charge in [0.1, 0.15) is 19.1 Å². The Bertz CT molecular complexity index is 1790. The number of anilines is 1. The van der Waals surface area contributed by atoms with E-state index in [0.29, 0.717) is 48.9 Å². The van der Waals surface area contributed by atoms with Gasteiger partial charge in [0.15, 0.2) is 11.9 Å². The van der Waals surface area contributed by atoms with E-state index in [4.69, 9.17) is 30.3 Å². The third-order valence-electron chi connectivity index (χ3n) is 7.43. The fourth-order valence-electron chi connectivity index (χ4n) is 5.04. The molecule has 0 radical (unpaired) electrons. The van der Waals surface area contributed by atoms with Crippen LogP contribution in [-0.4, -0.2) is 64.1 Å². The average Bonchev–Trinajstić information content (AvgIpc) is 3.40. The second-order valence-corrected chi connectivity index (χ2v) is 17.7. The number of aromatic nitrogens is 6. The van der Waals surface area contributed by atoms with Crippen molar-refractivity contribution in [2.24, 2.45) is 0 Å². The van der Waals surface area contributed by atoms with Crippen molar-refractivity contribution >= 4 is 36.0 Å². The Balaban J connectivity index is 1.39. The van der Waals surface area contributed by atoms with Crippen molar-refractivity contribution in [3.8, 4) is 22.8 Å². The van der Waals surface area contributed by atoms with Crippen molar-refractivity contribution in [1.29, 1.82) is 0 Å². The molecule has 4 aromatic heterocycles. The van der Waals surface area contributed by atoms with Crippen molar-refractivity contribution in [2.45, 2.75) is 64.6 Å². The summed E-state index contributed by atoms with van der Waals surface area (Å²) in [6.45, 7) is 8.83. The fourth-order valence-corrected chi connectivity index (χ4v) is 5.79. The van der Waals surface area contributed by atoms with Crippen LogP contribution in [0.25, 0.3) is 33.1 Å². The van der Waals surface area contributed by atoms with Gasteiger partial charge in [-0.3, -0.25) is 15.0 Å². The molecule has 1 N–H and O–H groups in total. The van der Waals surface area contributed by atoms with E-state index in [2.05, 4.69) is 46.0 Å². The predicted octanol–water partition coefficient (Wildman–Crippen LogP) is 6.27. The van der Waals surface area contributed by atoms with Gasteiger partial charge in [0.2, 0.25) is 11.8 Å². The van der Waals surface area contributed by atoms with Gasteiger partial charge in [0, 0.05) is 57.7 Å².